The molecule has 0 fully saturated rings. The second kappa shape index (κ2) is 5.61. The Balaban J connectivity index is 3.02. The van der Waals surface area contributed by atoms with Gasteiger partial charge in [0, 0.05) is 32.4 Å². The fraction of sp³-hybridized carbons (Fsp3) is 0.700. The lowest BCUT2D eigenvalue weighted by molar-refractivity contribution is 0.180. The van der Waals surface area contributed by atoms with Gasteiger partial charge in [-0.15, -0.1) is 0 Å². The highest BCUT2D eigenvalue weighted by molar-refractivity contribution is 7.89. The quantitative estimate of drug-likeness (QED) is 0.816. The summed E-state index contributed by atoms with van der Waals surface area (Å²) in [7, 11) is -2.10. The zero-order valence-electron chi connectivity index (χ0n) is 10.4. The Morgan fingerprint density at radius 3 is 2.71 bits per heavy atom. The zero-order valence-corrected chi connectivity index (χ0v) is 11.2. The van der Waals surface area contributed by atoms with Crippen LogP contribution >= 0.6 is 0 Å². The molecule has 1 rings (SSSR count). The smallest absolute Gasteiger partial charge is 0.257 e. The van der Waals surface area contributed by atoms with Crippen LogP contribution in [0.25, 0.3) is 0 Å². The van der Waals surface area contributed by atoms with Gasteiger partial charge in [0.05, 0.1) is 0 Å². The molecule has 0 spiro atoms. The maximum atomic E-state index is 11.2. The number of nitrogens with zero attached hydrogens (tertiary/aromatic N) is 2. The first kappa shape index (κ1) is 14.1. The van der Waals surface area contributed by atoms with E-state index in [1.54, 1.807) is 7.11 Å². The Morgan fingerprint density at radius 1 is 1.59 bits per heavy atom. The van der Waals surface area contributed by atoms with Gasteiger partial charge in [0.25, 0.3) is 10.0 Å². The Bertz CT molecular complexity index is 467. The van der Waals surface area contributed by atoms with Crippen molar-refractivity contribution in [3.05, 3.63) is 12.0 Å². The van der Waals surface area contributed by atoms with Gasteiger partial charge in [-0.1, -0.05) is 6.92 Å². The predicted molar refractivity (Wildman–Crippen MR) is 64.2 cm³/mol. The van der Waals surface area contributed by atoms with Crippen molar-refractivity contribution in [3.8, 4) is 0 Å². The van der Waals surface area contributed by atoms with Gasteiger partial charge >= 0.3 is 0 Å². The number of ether oxygens (including phenoxy) is 1. The standard InChI is InChI=1S/C10H19N3O3S/c1-4-9-12-10(17(11,14)15)7-13(9)8(2)5-6-16-3/h7-8H,4-6H2,1-3H3,(H2,11,14,15). The third-order valence-corrected chi connectivity index (χ3v) is 3.39. The first-order chi connectivity index (χ1) is 7.90. The van der Waals surface area contributed by atoms with E-state index in [0.717, 1.165) is 12.2 Å². The molecule has 7 heteroatoms. The van der Waals surface area contributed by atoms with Crippen LogP contribution in [0.1, 0.15) is 32.1 Å². The van der Waals surface area contributed by atoms with E-state index in [0.29, 0.717) is 13.0 Å². The number of aromatic nitrogens is 2. The van der Waals surface area contributed by atoms with E-state index in [9.17, 15) is 8.42 Å². The maximum absolute atomic E-state index is 11.2. The average Bonchev–Trinajstić information content (AvgIpc) is 2.69. The van der Waals surface area contributed by atoms with Crippen LogP contribution in [0.15, 0.2) is 11.2 Å². The topological polar surface area (TPSA) is 87.2 Å². The lowest BCUT2D eigenvalue weighted by Crippen LogP contribution is -2.12. The van der Waals surface area contributed by atoms with Crippen LogP contribution in [0.3, 0.4) is 0 Å². The van der Waals surface area contributed by atoms with Gasteiger partial charge in [-0.25, -0.2) is 18.5 Å². The highest BCUT2D eigenvalue weighted by Gasteiger charge is 2.18. The van der Waals surface area contributed by atoms with Crippen LogP contribution in [0.2, 0.25) is 0 Å². The van der Waals surface area contributed by atoms with E-state index in [4.69, 9.17) is 9.88 Å². The molecule has 0 radical (unpaired) electrons. The van der Waals surface area contributed by atoms with E-state index in [1.807, 2.05) is 18.4 Å². The molecule has 0 amide bonds. The van der Waals surface area contributed by atoms with Crippen molar-refractivity contribution in [2.75, 3.05) is 13.7 Å². The molecule has 0 aliphatic rings. The molecule has 1 unspecified atom stereocenters. The van der Waals surface area contributed by atoms with Crippen molar-refractivity contribution in [2.45, 2.75) is 37.8 Å². The molecule has 0 saturated heterocycles. The summed E-state index contributed by atoms with van der Waals surface area (Å²) in [5.41, 5.74) is 0. The number of hydrogen-bond acceptors (Lipinski definition) is 4. The second-order valence-electron chi connectivity index (χ2n) is 3.93. The summed E-state index contributed by atoms with van der Waals surface area (Å²) in [4.78, 5) is 4.04. The highest BCUT2D eigenvalue weighted by atomic mass is 32.2. The van der Waals surface area contributed by atoms with Crippen molar-refractivity contribution in [1.29, 1.82) is 0 Å². The third-order valence-electron chi connectivity index (χ3n) is 2.61. The molecule has 0 aromatic carbocycles. The first-order valence-electron chi connectivity index (χ1n) is 5.49. The van der Waals surface area contributed by atoms with Gasteiger partial charge in [0.2, 0.25) is 0 Å². The summed E-state index contributed by atoms with van der Waals surface area (Å²) in [6.45, 7) is 4.54. The van der Waals surface area contributed by atoms with Crippen LogP contribution in [0, 0.1) is 0 Å². The number of methoxy groups -OCH3 is 1. The van der Waals surface area contributed by atoms with Gasteiger partial charge < -0.3 is 9.30 Å². The van der Waals surface area contributed by atoms with Gasteiger partial charge in [0.1, 0.15) is 5.82 Å². The number of hydrogen-bond donors (Lipinski definition) is 1. The van der Waals surface area contributed by atoms with Crippen LogP contribution in [0.5, 0.6) is 0 Å². The molecule has 0 aliphatic heterocycles. The molecule has 1 atom stereocenters. The summed E-state index contributed by atoms with van der Waals surface area (Å²) < 4.78 is 29.3. The minimum Gasteiger partial charge on any atom is -0.385 e. The molecule has 17 heavy (non-hydrogen) atoms. The molecular weight excluding hydrogens is 242 g/mol. The number of rotatable bonds is 6. The predicted octanol–water partition coefficient (Wildman–Crippen LogP) is 0.690. The summed E-state index contributed by atoms with van der Waals surface area (Å²) in [5.74, 6) is 0.720. The maximum Gasteiger partial charge on any atom is 0.257 e. The summed E-state index contributed by atoms with van der Waals surface area (Å²) >= 11 is 0. The van der Waals surface area contributed by atoms with E-state index in [1.165, 1.54) is 6.20 Å². The van der Waals surface area contributed by atoms with Gasteiger partial charge in [-0.3, -0.25) is 0 Å². The van der Waals surface area contributed by atoms with Crippen molar-refractivity contribution >= 4 is 10.0 Å². The van der Waals surface area contributed by atoms with Crippen LogP contribution in [0.4, 0.5) is 0 Å². The fourth-order valence-electron chi connectivity index (χ4n) is 1.62. The van der Waals surface area contributed by atoms with Crippen molar-refractivity contribution < 1.29 is 13.2 Å². The Labute approximate surface area is 102 Å². The monoisotopic (exact) mass is 261 g/mol. The van der Waals surface area contributed by atoms with Crippen LogP contribution in [-0.2, 0) is 21.2 Å². The lowest BCUT2D eigenvalue weighted by atomic mass is 10.2. The number of aryl methyl sites for hydroxylation is 1. The van der Waals surface area contributed by atoms with E-state index < -0.39 is 10.0 Å². The van der Waals surface area contributed by atoms with Crippen molar-refractivity contribution in [2.24, 2.45) is 5.14 Å². The molecule has 1 heterocycles. The molecule has 1 aromatic rings. The number of nitrogens with two attached hydrogens (primary N) is 1. The summed E-state index contributed by atoms with van der Waals surface area (Å²) in [6, 6.07) is 0.132. The first-order valence-corrected chi connectivity index (χ1v) is 7.04. The van der Waals surface area contributed by atoms with Crippen LogP contribution in [-0.4, -0.2) is 31.7 Å². The largest absolute Gasteiger partial charge is 0.385 e. The number of imidazole rings is 1. The van der Waals surface area contributed by atoms with E-state index in [-0.39, 0.29) is 11.1 Å². The lowest BCUT2D eigenvalue weighted by Gasteiger charge is -2.14. The van der Waals surface area contributed by atoms with Crippen LogP contribution < -0.4 is 5.14 Å². The summed E-state index contributed by atoms with van der Waals surface area (Å²) in [6.07, 6.45) is 2.95. The van der Waals surface area contributed by atoms with Gasteiger partial charge in [-0.2, -0.15) is 0 Å². The Kier molecular flexibility index (Phi) is 4.67. The summed E-state index contributed by atoms with van der Waals surface area (Å²) in [5, 5.41) is 4.99. The number of primary sulfonamides is 1. The molecule has 6 nitrogen and oxygen atoms in total. The number of sulfonamides is 1. The normalized spacial score (nSPS) is 13.9. The molecule has 0 saturated carbocycles. The fourth-order valence-corrected chi connectivity index (χ4v) is 2.11. The average molecular weight is 261 g/mol. The molecular formula is C10H19N3O3S. The van der Waals surface area contributed by atoms with Crippen molar-refractivity contribution in [1.82, 2.24) is 9.55 Å². The minimum atomic E-state index is -3.73. The van der Waals surface area contributed by atoms with E-state index >= 15 is 0 Å². The minimum absolute atomic E-state index is 0.0707. The third kappa shape index (κ3) is 3.52. The molecule has 98 valence electrons. The molecule has 0 aliphatic carbocycles. The van der Waals surface area contributed by atoms with Gasteiger partial charge in [-0.05, 0) is 13.3 Å². The molecule has 2 N–H and O–H groups in total. The molecule has 1 aromatic heterocycles. The Hall–Kier alpha value is -0.920. The van der Waals surface area contributed by atoms with E-state index in [2.05, 4.69) is 4.98 Å². The zero-order chi connectivity index (χ0) is 13.1. The van der Waals surface area contributed by atoms with Crippen molar-refractivity contribution in [3.63, 3.8) is 0 Å². The van der Waals surface area contributed by atoms with Gasteiger partial charge in [0.15, 0.2) is 5.03 Å². The second-order valence-corrected chi connectivity index (χ2v) is 5.44. The SMILES string of the molecule is CCc1nc(S(N)(=O)=O)cn1C(C)CCOC. The molecule has 0 bridgehead atoms. The highest BCUT2D eigenvalue weighted by Crippen LogP contribution is 2.17. The Morgan fingerprint density at radius 2 is 2.24 bits per heavy atom.